The summed E-state index contributed by atoms with van der Waals surface area (Å²) in [5.41, 5.74) is 0. The average molecular weight is 194 g/mol. The molecule has 0 rings (SSSR count). The third kappa shape index (κ3) is 4.80. The topological polar surface area (TPSA) is 26.3 Å². The summed E-state index contributed by atoms with van der Waals surface area (Å²) in [5.74, 6) is -1.98. The molecule has 4 heteroatoms. The first-order valence-corrected chi connectivity index (χ1v) is 4.43. The fourth-order valence-corrected chi connectivity index (χ4v) is 1.06. The van der Waals surface area contributed by atoms with E-state index in [9.17, 15) is 13.6 Å². The van der Waals surface area contributed by atoms with Gasteiger partial charge in [0.15, 0.2) is 0 Å². The number of ether oxygens (including phenoxy) is 1. The minimum atomic E-state index is -2.62. The molecular weight excluding hydrogens is 178 g/mol. The lowest BCUT2D eigenvalue weighted by molar-refractivity contribution is -0.154. The monoisotopic (exact) mass is 194 g/mol. The zero-order chi connectivity index (χ0) is 10.4. The molecule has 0 heterocycles. The van der Waals surface area contributed by atoms with Gasteiger partial charge < -0.3 is 4.74 Å². The van der Waals surface area contributed by atoms with Crippen LogP contribution in [0.1, 0.15) is 27.2 Å². The van der Waals surface area contributed by atoms with Crippen molar-refractivity contribution in [2.75, 3.05) is 6.61 Å². The van der Waals surface area contributed by atoms with Crippen molar-refractivity contribution in [3.8, 4) is 0 Å². The second-order valence-corrected chi connectivity index (χ2v) is 3.32. The average Bonchev–Trinajstić information content (AvgIpc) is 1.99. The van der Waals surface area contributed by atoms with Gasteiger partial charge in [-0.2, -0.15) is 0 Å². The molecule has 0 bridgehead atoms. The smallest absolute Gasteiger partial charge is 0.314 e. The number of hydrogen-bond donors (Lipinski definition) is 0. The van der Waals surface area contributed by atoms with Gasteiger partial charge in [-0.1, -0.05) is 13.8 Å². The van der Waals surface area contributed by atoms with Crippen LogP contribution in [0.3, 0.4) is 0 Å². The Bertz CT molecular complexity index is 158. The standard InChI is InChI=1S/C9H16F2O2/c1-4-13-9(12)7(8(10)11)5-6(2)3/h6-8H,4-5H2,1-3H3. The third-order valence-electron chi connectivity index (χ3n) is 1.62. The molecule has 1 atom stereocenters. The largest absolute Gasteiger partial charge is 0.466 e. The molecule has 0 fully saturated rings. The Labute approximate surface area is 77.3 Å². The van der Waals surface area contributed by atoms with Gasteiger partial charge in [0.25, 0.3) is 6.43 Å². The first kappa shape index (κ1) is 12.3. The quantitative estimate of drug-likeness (QED) is 0.628. The Kier molecular flexibility index (Phi) is 5.58. The van der Waals surface area contributed by atoms with E-state index in [0.29, 0.717) is 0 Å². The van der Waals surface area contributed by atoms with E-state index in [1.807, 2.05) is 0 Å². The molecule has 0 N–H and O–H groups in total. The highest BCUT2D eigenvalue weighted by Crippen LogP contribution is 2.20. The van der Waals surface area contributed by atoms with E-state index in [0.717, 1.165) is 0 Å². The number of halogens is 2. The first-order chi connectivity index (χ1) is 5.99. The van der Waals surface area contributed by atoms with Gasteiger partial charge in [0.2, 0.25) is 0 Å². The van der Waals surface area contributed by atoms with E-state index in [-0.39, 0.29) is 18.9 Å². The van der Waals surface area contributed by atoms with E-state index in [1.165, 1.54) is 0 Å². The van der Waals surface area contributed by atoms with Gasteiger partial charge >= 0.3 is 5.97 Å². The van der Waals surface area contributed by atoms with Crippen molar-refractivity contribution >= 4 is 5.97 Å². The molecule has 0 aliphatic heterocycles. The minimum absolute atomic E-state index is 0.0726. The molecule has 0 radical (unpaired) electrons. The normalized spacial score (nSPS) is 13.5. The summed E-state index contributed by atoms with van der Waals surface area (Å²) in [6.45, 7) is 5.36. The number of esters is 1. The lowest BCUT2D eigenvalue weighted by Crippen LogP contribution is -2.26. The Morgan fingerprint density at radius 3 is 2.23 bits per heavy atom. The lowest BCUT2D eigenvalue weighted by Gasteiger charge is -2.16. The van der Waals surface area contributed by atoms with Crippen LogP contribution in [-0.4, -0.2) is 19.0 Å². The van der Waals surface area contributed by atoms with Crippen LogP contribution in [-0.2, 0) is 9.53 Å². The molecule has 0 amide bonds. The molecule has 13 heavy (non-hydrogen) atoms. The highest BCUT2D eigenvalue weighted by atomic mass is 19.3. The van der Waals surface area contributed by atoms with Gasteiger partial charge in [0.05, 0.1) is 6.61 Å². The summed E-state index contributed by atoms with van der Waals surface area (Å²) >= 11 is 0. The van der Waals surface area contributed by atoms with Crippen molar-refractivity contribution in [2.45, 2.75) is 33.6 Å². The van der Waals surface area contributed by atoms with Gasteiger partial charge in [0.1, 0.15) is 5.92 Å². The second kappa shape index (κ2) is 5.89. The molecule has 2 nitrogen and oxygen atoms in total. The number of carbonyl (C=O) groups excluding carboxylic acids is 1. The maximum absolute atomic E-state index is 12.3. The van der Waals surface area contributed by atoms with Crippen molar-refractivity contribution in [3.63, 3.8) is 0 Å². The van der Waals surface area contributed by atoms with Crippen molar-refractivity contribution < 1.29 is 18.3 Å². The van der Waals surface area contributed by atoms with Crippen LogP contribution in [0, 0.1) is 11.8 Å². The summed E-state index contributed by atoms with van der Waals surface area (Å²) in [6.07, 6.45) is -2.45. The molecule has 0 saturated carbocycles. The summed E-state index contributed by atoms with van der Waals surface area (Å²) in [7, 11) is 0. The fraction of sp³-hybridized carbons (Fsp3) is 0.889. The van der Waals surface area contributed by atoms with Crippen LogP contribution >= 0.6 is 0 Å². The van der Waals surface area contributed by atoms with E-state index >= 15 is 0 Å². The van der Waals surface area contributed by atoms with Crippen LogP contribution in [0.2, 0.25) is 0 Å². The van der Waals surface area contributed by atoms with Crippen molar-refractivity contribution in [3.05, 3.63) is 0 Å². The Morgan fingerprint density at radius 1 is 1.38 bits per heavy atom. The number of hydrogen-bond acceptors (Lipinski definition) is 2. The molecule has 0 aliphatic rings. The number of alkyl halides is 2. The molecule has 0 spiro atoms. The van der Waals surface area contributed by atoms with E-state index in [1.54, 1.807) is 20.8 Å². The lowest BCUT2D eigenvalue weighted by atomic mass is 9.98. The van der Waals surface area contributed by atoms with Gasteiger partial charge in [-0.15, -0.1) is 0 Å². The van der Waals surface area contributed by atoms with E-state index in [4.69, 9.17) is 0 Å². The summed E-state index contributed by atoms with van der Waals surface area (Å²) in [5, 5.41) is 0. The highest BCUT2D eigenvalue weighted by Gasteiger charge is 2.30. The number of carbonyl (C=O) groups is 1. The molecule has 1 unspecified atom stereocenters. The molecule has 0 aromatic rings. The third-order valence-corrected chi connectivity index (χ3v) is 1.62. The van der Waals surface area contributed by atoms with Crippen LogP contribution in [0.25, 0.3) is 0 Å². The second-order valence-electron chi connectivity index (χ2n) is 3.32. The summed E-state index contributed by atoms with van der Waals surface area (Å²) < 4.78 is 29.2. The molecule has 0 saturated heterocycles. The Morgan fingerprint density at radius 2 is 1.92 bits per heavy atom. The Balaban J connectivity index is 4.15. The first-order valence-electron chi connectivity index (χ1n) is 4.43. The van der Waals surface area contributed by atoms with Crippen LogP contribution in [0.15, 0.2) is 0 Å². The SMILES string of the molecule is CCOC(=O)C(CC(C)C)C(F)F. The molecule has 78 valence electrons. The van der Waals surface area contributed by atoms with Crippen molar-refractivity contribution in [1.29, 1.82) is 0 Å². The van der Waals surface area contributed by atoms with E-state index < -0.39 is 18.3 Å². The van der Waals surface area contributed by atoms with Crippen molar-refractivity contribution in [1.82, 2.24) is 0 Å². The van der Waals surface area contributed by atoms with Crippen LogP contribution in [0.4, 0.5) is 8.78 Å². The van der Waals surface area contributed by atoms with Gasteiger partial charge in [-0.3, -0.25) is 4.79 Å². The molecule has 0 aliphatic carbocycles. The predicted octanol–water partition coefficient (Wildman–Crippen LogP) is 2.48. The van der Waals surface area contributed by atoms with Crippen LogP contribution < -0.4 is 0 Å². The maximum Gasteiger partial charge on any atom is 0.314 e. The van der Waals surface area contributed by atoms with E-state index in [2.05, 4.69) is 4.74 Å². The van der Waals surface area contributed by atoms with Crippen molar-refractivity contribution in [2.24, 2.45) is 11.8 Å². The summed E-state index contributed by atoms with van der Waals surface area (Å²) in [6, 6.07) is 0. The van der Waals surface area contributed by atoms with Gasteiger partial charge in [0, 0.05) is 0 Å². The zero-order valence-corrected chi connectivity index (χ0v) is 8.22. The fourth-order valence-electron chi connectivity index (χ4n) is 1.06. The van der Waals surface area contributed by atoms with Crippen LogP contribution in [0.5, 0.6) is 0 Å². The summed E-state index contributed by atoms with van der Waals surface area (Å²) in [4.78, 5) is 11.0. The minimum Gasteiger partial charge on any atom is -0.466 e. The predicted molar refractivity (Wildman–Crippen MR) is 45.6 cm³/mol. The Hall–Kier alpha value is -0.670. The number of rotatable bonds is 5. The van der Waals surface area contributed by atoms with Gasteiger partial charge in [-0.05, 0) is 19.3 Å². The highest BCUT2D eigenvalue weighted by molar-refractivity contribution is 5.72. The van der Waals surface area contributed by atoms with Gasteiger partial charge in [-0.25, -0.2) is 8.78 Å². The molecule has 0 aromatic carbocycles. The maximum atomic E-state index is 12.3. The molecular formula is C9H16F2O2. The zero-order valence-electron chi connectivity index (χ0n) is 8.22. The molecule has 0 aromatic heterocycles.